The predicted octanol–water partition coefficient (Wildman–Crippen LogP) is 1.60. The first-order valence-corrected chi connectivity index (χ1v) is 4.01. The average molecular weight is 154 g/mol. The minimum absolute atomic E-state index is 1.00. The summed E-state index contributed by atoms with van der Waals surface area (Å²) in [6.45, 7) is 2.00. The number of nitrogens with zero attached hydrogens (tertiary/aromatic N) is 1. The van der Waals surface area contributed by atoms with Crippen LogP contribution in [0.1, 0.15) is 19.3 Å². The Morgan fingerprint density at radius 2 is 2.00 bits per heavy atom. The van der Waals surface area contributed by atoms with Crippen molar-refractivity contribution in [3.8, 4) is 0 Å². The molecule has 1 aromatic rings. The molecule has 1 aliphatic heterocycles. The van der Waals surface area contributed by atoms with Crippen molar-refractivity contribution in [1.82, 2.24) is 10.2 Å². The Morgan fingerprint density at radius 3 is 2.18 bits per heavy atom. The second-order valence-corrected chi connectivity index (χ2v) is 2.44. The normalized spacial score (nSPS) is 16.7. The van der Waals surface area contributed by atoms with Crippen LogP contribution in [0.3, 0.4) is 0 Å². The van der Waals surface area contributed by atoms with E-state index >= 15 is 0 Å². The SMILES string of the molecule is C1CCOCC1.c1cn[nH]c1. The van der Waals surface area contributed by atoms with E-state index in [-0.39, 0.29) is 0 Å². The van der Waals surface area contributed by atoms with Crippen LogP contribution in [0, 0.1) is 0 Å². The van der Waals surface area contributed by atoms with Crippen LogP contribution in [-0.4, -0.2) is 23.4 Å². The summed E-state index contributed by atoms with van der Waals surface area (Å²) in [7, 11) is 0. The fourth-order valence-electron chi connectivity index (χ4n) is 0.902. The van der Waals surface area contributed by atoms with E-state index in [2.05, 4.69) is 10.2 Å². The number of ether oxygens (including phenoxy) is 1. The Bertz CT molecular complexity index is 118. The zero-order valence-corrected chi connectivity index (χ0v) is 6.62. The maximum absolute atomic E-state index is 5.07. The molecule has 0 amide bonds. The van der Waals surface area contributed by atoms with Gasteiger partial charge in [0, 0.05) is 25.6 Å². The van der Waals surface area contributed by atoms with Gasteiger partial charge in [-0.1, -0.05) is 0 Å². The molecule has 0 unspecified atom stereocenters. The van der Waals surface area contributed by atoms with E-state index in [1.165, 1.54) is 19.3 Å². The molecule has 1 aromatic heterocycles. The lowest BCUT2D eigenvalue weighted by Gasteiger charge is -2.08. The van der Waals surface area contributed by atoms with Crippen LogP contribution < -0.4 is 0 Å². The van der Waals surface area contributed by atoms with Crippen molar-refractivity contribution in [2.24, 2.45) is 0 Å². The van der Waals surface area contributed by atoms with Crippen LogP contribution in [0.2, 0.25) is 0 Å². The highest BCUT2D eigenvalue weighted by atomic mass is 16.5. The van der Waals surface area contributed by atoms with Crippen molar-refractivity contribution < 1.29 is 4.74 Å². The van der Waals surface area contributed by atoms with Crippen molar-refractivity contribution in [2.45, 2.75) is 19.3 Å². The lowest BCUT2D eigenvalue weighted by Crippen LogP contribution is -2.03. The molecular formula is C8H14N2O. The Labute approximate surface area is 66.8 Å². The van der Waals surface area contributed by atoms with Crippen LogP contribution >= 0.6 is 0 Å². The van der Waals surface area contributed by atoms with Crippen LogP contribution in [-0.2, 0) is 4.74 Å². The first-order chi connectivity index (χ1) is 5.50. The maximum atomic E-state index is 5.07. The summed E-state index contributed by atoms with van der Waals surface area (Å²) in [5, 5.41) is 6.21. The molecule has 62 valence electrons. The molecule has 1 saturated heterocycles. The summed E-state index contributed by atoms with van der Waals surface area (Å²) in [5.74, 6) is 0. The minimum Gasteiger partial charge on any atom is -0.381 e. The monoisotopic (exact) mass is 154 g/mol. The van der Waals surface area contributed by atoms with Crippen molar-refractivity contribution in [3.05, 3.63) is 18.5 Å². The summed E-state index contributed by atoms with van der Waals surface area (Å²) < 4.78 is 5.07. The van der Waals surface area contributed by atoms with Gasteiger partial charge in [0.05, 0.1) is 0 Å². The number of nitrogens with one attached hydrogen (secondary N) is 1. The smallest absolute Gasteiger partial charge is 0.0487 e. The molecule has 0 radical (unpaired) electrons. The standard InChI is InChI=1S/C5H10O.C3H4N2/c1-2-4-6-5-3-1;1-2-4-5-3-1/h1-5H2;1-3H,(H,4,5). The van der Waals surface area contributed by atoms with E-state index in [0.717, 1.165) is 13.2 Å². The molecule has 1 N–H and O–H groups in total. The van der Waals surface area contributed by atoms with Crippen molar-refractivity contribution in [3.63, 3.8) is 0 Å². The first kappa shape index (κ1) is 8.27. The van der Waals surface area contributed by atoms with E-state index in [4.69, 9.17) is 4.74 Å². The lowest BCUT2D eigenvalue weighted by molar-refractivity contribution is 0.0968. The van der Waals surface area contributed by atoms with E-state index in [0.29, 0.717) is 0 Å². The van der Waals surface area contributed by atoms with Gasteiger partial charge < -0.3 is 4.74 Å². The van der Waals surface area contributed by atoms with Gasteiger partial charge in [0.1, 0.15) is 0 Å². The maximum Gasteiger partial charge on any atom is 0.0487 e. The minimum atomic E-state index is 1.00. The molecule has 0 bridgehead atoms. The summed E-state index contributed by atoms with van der Waals surface area (Å²) in [6.07, 6.45) is 7.39. The van der Waals surface area contributed by atoms with E-state index in [1.54, 1.807) is 12.4 Å². The van der Waals surface area contributed by atoms with E-state index in [9.17, 15) is 0 Å². The Morgan fingerprint density at radius 1 is 1.18 bits per heavy atom. The van der Waals surface area contributed by atoms with Crippen LogP contribution in [0.15, 0.2) is 18.5 Å². The topological polar surface area (TPSA) is 37.9 Å². The molecule has 0 aromatic carbocycles. The van der Waals surface area contributed by atoms with Gasteiger partial charge in [0.25, 0.3) is 0 Å². The Balaban J connectivity index is 0.000000112. The predicted molar refractivity (Wildman–Crippen MR) is 43.3 cm³/mol. The number of aromatic amines is 1. The molecule has 2 heterocycles. The third-order valence-corrected chi connectivity index (χ3v) is 1.48. The van der Waals surface area contributed by atoms with Crippen LogP contribution in [0.4, 0.5) is 0 Å². The molecule has 2 rings (SSSR count). The number of aromatic nitrogens is 2. The molecule has 11 heavy (non-hydrogen) atoms. The van der Waals surface area contributed by atoms with Crippen molar-refractivity contribution in [2.75, 3.05) is 13.2 Å². The van der Waals surface area contributed by atoms with Crippen molar-refractivity contribution >= 4 is 0 Å². The zero-order valence-electron chi connectivity index (χ0n) is 6.62. The van der Waals surface area contributed by atoms with Crippen LogP contribution in [0.5, 0.6) is 0 Å². The van der Waals surface area contributed by atoms with E-state index < -0.39 is 0 Å². The second kappa shape index (κ2) is 5.92. The van der Waals surface area contributed by atoms with Gasteiger partial charge >= 0.3 is 0 Å². The fraction of sp³-hybridized carbons (Fsp3) is 0.625. The largest absolute Gasteiger partial charge is 0.381 e. The summed E-state index contributed by atoms with van der Waals surface area (Å²) in [4.78, 5) is 0. The molecule has 0 spiro atoms. The Kier molecular flexibility index (Phi) is 4.45. The van der Waals surface area contributed by atoms with Gasteiger partial charge in [-0.2, -0.15) is 5.10 Å². The van der Waals surface area contributed by atoms with Crippen LogP contribution in [0.25, 0.3) is 0 Å². The highest BCUT2D eigenvalue weighted by Gasteiger charge is 1.94. The summed E-state index contributed by atoms with van der Waals surface area (Å²) >= 11 is 0. The quantitative estimate of drug-likeness (QED) is 0.616. The number of hydrogen-bond acceptors (Lipinski definition) is 2. The summed E-state index contributed by atoms with van der Waals surface area (Å²) in [6, 6.07) is 1.83. The molecule has 0 aliphatic carbocycles. The molecule has 0 atom stereocenters. The number of rotatable bonds is 0. The molecule has 1 fully saturated rings. The summed E-state index contributed by atoms with van der Waals surface area (Å²) in [5.41, 5.74) is 0. The van der Waals surface area contributed by atoms with Gasteiger partial charge in [-0.15, -0.1) is 0 Å². The lowest BCUT2D eigenvalue weighted by atomic mass is 10.2. The zero-order chi connectivity index (χ0) is 7.78. The number of hydrogen-bond donors (Lipinski definition) is 1. The van der Waals surface area contributed by atoms with Gasteiger partial charge in [0.15, 0.2) is 0 Å². The van der Waals surface area contributed by atoms with E-state index in [1.807, 2.05) is 6.07 Å². The third-order valence-electron chi connectivity index (χ3n) is 1.48. The highest BCUT2D eigenvalue weighted by molar-refractivity contribution is 4.72. The fourth-order valence-corrected chi connectivity index (χ4v) is 0.902. The first-order valence-electron chi connectivity index (χ1n) is 4.01. The van der Waals surface area contributed by atoms with Gasteiger partial charge in [-0.3, -0.25) is 5.10 Å². The molecular weight excluding hydrogens is 140 g/mol. The van der Waals surface area contributed by atoms with Gasteiger partial charge in [-0.05, 0) is 25.3 Å². The molecule has 3 heteroatoms. The van der Waals surface area contributed by atoms with Gasteiger partial charge in [0.2, 0.25) is 0 Å². The Hall–Kier alpha value is -0.830. The third kappa shape index (κ3) is 4.56. The molecule has 1 aliphatic rings. The van der Waals surface area contributed by atoms with Crippen molar-refractivity contribution in [1.29, 1.82) is 0 Å². The second-order valence-electron chi connectivity index (χ2n) is 2.44. The molecule has 3 nitrogen and oxygen atoms in total. The average Bonchev–Trinajstić information content (AvgIpc) is 2.64. The highest BCUT2D eigenvalue weighted by Crippen LogP contribution is 2.02. The molecule has 0 saturated carbocycles. The number of H-pyrrole nitrogens is 1. The van der Waals surface area contributed by atoms with Gasteiger partial charge in [-0.25, -0.2) is 0 Å².